The second-order valence-electron chi connectivity index (χ2n) is 4.99. The Kier molecular flexibility index (Phi) is 10.8. The lowest BCUT2D eigenvalue weighted by molar-refractivity contribution is -0.122. The molecule has 0 bridgehead atoms. The van der Waals surface area contributed by atoms with Crippen LogP contribution in [0.5, 0.6) is 0 Å². The van der Waals surface area contributed by atoms with Crippen molar-refractivity contribution in [3.8, 4) is 0 Å². The molecule has 17 heavy (non-hydrogen) atoms. The van der Waals surface area contributed by atoms with E-state index in [1.165, 1.54) is 12.2 Å². The number of carbonyl (C=O) groups is 1. The van der Waals surface area contributed by atoms with Gasteiger partial charge in [-0.15, -0.1) is 0 Å². The lowest BCUT2D eigenvalue weighted by Crippen LogP contribution is -2.29. The van der Waals surface area contributed by atoms with Crippen LogP contribution in [0.2, 0.25) is 0 Å². The Morgan fingerprint density at radius 1 is 1.35 bits per heavy atom. The highest BCUT2D eigenvalue weighted by atomic mass is 32.2. The standard InChI is InChI=1S/C13H28N2OS/c1-11(2)8-12(10-14)9-13(16)15-6-4-5-7-17-3/h11-12H,4-10,14H2,1-3H3,(H,15,16)/t12-/m0/s1. The average molecular weight is 260 g/mol. The van der Waals surface area contributed by atoms with Gasteiger partial charge in [-0.2, -0.15) is 11.8 Å². The lowest BCUT2D eigenvalue weighted by atomic mass is 9.94. The lowest BCUT2D eigenvalue weighted by Gasteiger charge is -2.16. The molecule has 0 heterocycles. The summed E-state index contributed by atoms with van der Waals surface area (Å²) >= 11 is 1.85. The van der Waals surface area contributed by atoms with Gasteiger partial charge in [0.1, 0.15) is 0 Å². The minimum absolute atomic E-state index is 0.158. The van der Waals surface area contributed by atoms with E-state index in [1.54, 1.807) is 0 Å². The van der Waals surface area contributed by atoms with Gasteiger partial charge in [0, 0.05) is 13.0 Å². The fourth-order valence-corrected chi connectivity index (χ4v) is 2.36. The second-order valence-corrected chi connectivity index (χ2v) is 5.97. The fraction of sp³-hybridized carbons (Fsp3) is 0.923. The van der Waals surface area contributed by atoms with Crippen LogP contribution < -0.4 is 11.1 Å². The van der Waals surface area contributed by atoms with E-state index in [1.807, 2.05) is 11.8 Å². The van der Waals surface area contributed by atoms with Gasteiger partial charge in [0.2, 0.25) is 5.91 Å². The minimum Gasteiger partial charge on any atom is -0.356 e. The Bertz CT molecular complexity index is 198. The largest absolute Gasteiger partial charge is 0.356 e. The summed E-state index contributed by atoms with van der Waals surface area (Å²) in [5.74, 6) is 2.28. The van der Waals surface area contributed by atoms with Crippen molar-refractivity contribution in [1.82, 2.24) is 5.32 Å². The van der Waals surface area contributed by atoms with Crippen molar-refractivity contribution in [3.63, 3.8) is 0 Å². The zero-order chi connectivity index (χ0) is 13.1. The quantitative estimate of drug-likeness (QED) is 0.592. The zero-order valence-corrected chi connectivity index (χ0v) is 12.3. The Morgan fingerprint density at radius 2 is 2.06 bits per heavy atom. The van der Waals surface area contributed by atoms with Crippen molar-refractivity contribution < 1.29 is 4.79 Å². The van der Waals surface area contributed by atoms with E-state index in [2.05, 4.69) is 25.4 Å². The van der Waals surface area contributed by atoms with Crippen molar-refractivity contribution >= 4 is 17.7 Å². The Balaban J connectivity index is 3.61. The molecule has 0 aromatic heterocycles. The van der Waals surface area contributed by atoms with Crippen LogP contribution in [0, 0.1) is 11.8 Å². The molecule has 3 N–H and O–H groups in total. The summed E-state index contributed by atoms with van der Waals surface area (Å²) in [7, 11) is 0. The Hall–Kier alpha value is -0.220. The first-order valence-electron chi connectivity index (χ1n) is 6.55. The summed E-state index contributed by atoms with van der Waals surface area (Å²) in [5.41, 5.74) is 5.68. The molecule has 0 aliphatic carbocycles. The summed E-state index contributed by atoms with van der Waals surface area (Å²) in [5, 5.41) is 2.98. The summed E-state index contributed by atoms with van der Waals surface area (Å²) in [4.78, 5) is 11.7. The van der Waals surface area contributed by atoms with Crippen molar-refractivity contribution in [1.29, 1.82) is 0 Å². The molecule has 0 unspecified atom stereocenters. The molecule has 0 rings (SSSR count). The topological polar surface area (TPSA) is 55.1 Å². The van der Waals surface area contributed by atoms with Gasteiger partial charge in [0.25, 0.3) is 0 Å². The monoisotopic (exact) mass is 260 g/mol. The van der Waals surface area contributed by atoms with Crippen molar-refractivity contribution in [2.75, 3.05) is 25.1 Å². The number of thioether (sulfide) groups is 1. The second kappa shape index (κ2) is 10.9. The molecule has 1 atom stereocenters. The van der Waals surface area contributed by atoms with Crippen LogP contribution in [0.25, 0.3) is 0 Å². The molecule has 0 aromatic rings. The number of rotatable bonds is 10. The molecule has 4 heteroatoms. The zero-order valence-electron chi connectivity index (χ0n) is 11.5. The first-order chi connectivity index (χ1) is 8.10. The van der Waals surface area contributed by atoms with Gasteiger partial charge in [0.15, 0.2) is 0 Å². The highest BCUT2D eigenvalue weighted by Crippen LogP contribution is 2.13. The summed E-state index contributed by atoms with van der Waals surface area (Å²) < 4.78 is 0. The molecule has 0 saturated heterocycles. The van der Waals surface area contributed by atoms with Crippen LogP contribution in [0.15, 0.2) is 0 Å². The maximum atomic E-state index is 11.7. The number of carbonyl (C=O) groups excluding carboxylic acids is 1. The van der Waals surface area contributed by atoms with Crippen LogP contribution in [0.3, 0.4) is 0 Å². The molecule has 0 aromatic carbocycles. The number of hydrogen-bond donors (Lipinski definition) is 2. The van der Waals surface area contributed by atoms with E-state index in [4.69, 9.17) is 5.73 Å². The molecule has 102 valence electrons. The van der Waals surface area contributed by atoms with Gasteiger partial charge in [0.05, 0.1) is 0 Å². The predicted molar refractivity (Wildman–Crippen MR) is 77.2 cm³/mol. The van der Waals surface area contributed by atoms with Crippen molar-refractivity contribution in [2.45, 2.75) is 39.5 Å². The maximum Gasteiger partial charge on any atom is 0.220 e. The first kappa shape index (κ1) is 16.8. The van der Waals surface area contributed by atoms with Crippen LogP contribution in [0.1, 0.15) is 39.5 Å². The number of nitrogens with two attached hydrogens (primary N) is 1. The fourth-order valence-electron chi connectivity index (χ4n) is 1.86. The van der Waals surface area contributed by atoms with Crippen molar-refractivity contribution in [3.05, 3.63) is 0 Å². The summed E-state index contributed by atoms with van der Waals surface area (Å²) in [6, 6.07) is 0. The highest BCUT2D eigenvalue weighted by molar-refractivity contribution is 7.98. The molecule has 0 aliphatic rings. The van der Waals surface area contributed by atoms with Crippen LogP contribution in [-0.2, 0) is 4.79 Å². The third kappa shape index (κ3) is 10.6. The number of amides is 1. The van der Waals surface area contributed by atoms with Gasteiger partial charge in [-0.1, -0.05) is 13.8 Å². The molecule has 0 saturated carbocycles. The molecular formula is C13H28N2OS. The van der Waals surface area contributed by atoms with E-state index >= 15 is 0 Å². The smallest absolute Gasteiger partial charge is 0.220 e. The first-order valence-corrected chi connectivity index (χ1v) is 7.95. The number of hydrogen-bond acceptors (Lipinski definition) is 3. The van der Waals surface area contributed by atoms with E-state index in [9.17, 15) is 4.79 Å². The van der Waals surface area contributed by atoms with Gasteiger partial charge in [-0.25, -0.2) is 0 Å². The summed E-state index contributed by atoms with van der Waals surface area (Å²) in [6.45, 7) is 5.75. The van der Waals surface area contributed by atoms with E-state index in [0.717, 1.165) is 19.4 Å². The number of nitrogens with one attached hydrogen (secondary N) is 1. The van der Waals surface area contributed by atoms with Crippen LogP contribution in [-0.4, -0.2) is 31.0 Å². The van der Waals surface area contributed by atoms with E-state index in [-0.39, 0.29) is 5.91 Å². The molecule has 0 aliphatic heterocycles. The molecule has 0 radical (unpaired) electrons. The van der Waals surface area contributed by atoms with Gasteiger partial charge < -0.3 is 11.1 Å². The van der Waals surface area contributed by atoms with E-state index in [0.29, 0.717) is 24.8 Å². The van der Waals surface area contributed by atoms with E-state index < -0.39 is 0 Å². The molecular weight excluding hydrogens is 232 g/mol. The normalized spacial score (nSPS) is 12.8. The van der Waals surface area contributed by atoms with Gasteiger partial charge in [-0.05, 0) is 49.7 Å². The van der Waals surface area contributed by atoms with Crippen molar-refractivity contribution in [2.24, 2.45) is 17.6 Å². The molecule has 0 fully saturated rings. The number of unbranched alkanes of at least 4 members (excludes halogenated alkanes) is 1. The van der Waals surface area contributed by atoms with Crippen LogP contribution >= 0.6 is 11.8 Å². The third-order valence-corrected chi connectivity index (χ3v) is 3.41. The molecule has 3 nitrogen and oxygen atoms in total. The average Bonchev–Trinajstić information content (AvgIpc) is 2.27. The molecule has 1 amide bonds. The Labute approximate surface area is 110 Å². The third-order valence-electron chi connectivity index (χ3n) is 2.71. The highest BCUT2D eigenvalue weighted by Gasteiger charge is 2.13. The maximum absolute atomic E-state index is 11.7. The predicted octanol–water partition coefficient (Wildman–Crippen LogP) is 2.26. The van der Waals surface area contributed by atoms with Gasteiger partial charge >= 0.3 is 0 Å². The minimum atomic E-state index is 0.158. The van der Waals surface area contributed by atoms with Crippen LogP contribution in [0.4, 0.5) is 0 Å². The summed E-state index contributed by atoms with van der Waals surface area (Å²) in [6.07, 6.45) is 5.97. The Morgan fingerprint density at radius 3 is 2.59 bits per heavy atom. The SMILES string of the molecule is CSCCCCNC(=O)C[C@@H](CN)CC(C)C. The van der Waals surface area contributed by atoms with Gasteiger partial charge in [-0.3, -0.25) is 4.79 Å². The molecule has 0 spiro atoms.